The number of aromatic nitrogens is 4. The van der Waals surface area contributed by atoms with Gasteiger partial charge in [-0.3, -0.25) is 4.79 Å². The molecule has 0 fully saturated rings. The maximum absolute atomic E-state index is 13.3. The molecule has 3 N–H and O–H groups in total. The number of amides is 1. The Morgan fingerprint density at radius 1 is 1.12 bits per heavy atom. The lowest BCUT2D eigenvalue weighted by atomic mass is 9.95. The number of benzene rings is 2. The van der Waals surface area contributed by atoms with E-state index < -0.39 is 29.8 Å². The second-order valence-corrected chi connectivity index (χ2v) is 8.10. The number of nitrogens with zero attached hydrogens (tertiary/aromatic N) is 4. The maximum atomic E-state index is 13.3. The maximum Gasteiger partial charge on any atom is 0.423 e. The molecule has 0 radical (unpaired) electrons. The van der Waals surface area contributed by atoms with Gasteiger partial charge in [0.15, 0.2) is 0 Å². The van der Waals surface area contributed by atoms with Gasteiger partial charge >= 0.3 is 6.18 Å². The number of hydrogen-bond acceptors (Lipinski definition) is 5. The predicted octanol–water partition coefficient (Wildman–Crippen LogP) is 4.11. The van der Waals surface area contributed by atoms with Crippen LogP contribution in [0.4, 0.5) is 13.2 Å². The van der Waals surface area contributed by atoms with E-state index in [1.807, 2.05) is 37.3 Å². The summed E-state index contributed by atoms with van der Waals surface area (Å²) in [5, 5.41) is 18.2. The van der Waals surface area contributed by atoms with Crippen LogP contribution in [0.3, 0.4) is 0 Å². The third-order valence-corrected chi connectivity index (χ3v) is 5.85. The number of aliphatic hydroxyl groups is 1. The van der Waals surface area contributed by atoms with Gasteiger partial charge in [0, 0.05) is 5.39 Å². The lowest BCUT2D eigenvalue weighted by Crippen LogP contribution is -2.42. The standard InChI is InChI=1S/C24H22F3N5O2/c1-3-23(34,24(25,26)27)21-13-32(31-30-21)12-15-8-9-17-18(16-7-5-4-6-14(16)2)11-20(22(28)33)29-19(17)10-15/h4-11,13,34H,3,12H2,1-2H3,(H2,28,33)/t23-/m0/s1. The molecule has 1 amide bonds. The fraction of sp³-hybridized carbons (Fsp3) is 0.250. The Morgan fingerprint density at radius 3 is 2.50 bits per heavy atom. The van der Waals surface area contributed by atoms with Crippen molar-refractivity contribution in [3.05, 3.63) is 77.2 Å². The summed E-state index contributed by atoms with van der Waals surface area (Å²) in [5.41, 5.74) is 5.87. The third-order valence-electron chi connectivity index (χ3n) is 5.85. The molecule has 0 saturated carbocycles. The van der Waals surface area contributed by atoms with Gasteiger partial charge in [-0.2, -0.15) is 13.2 Å². The van der Waals surface area contributed by atoms with Crippen molar-refractivity contribution >= 4 is 16.8 Å². The summed E-state index contributed by atoms with van der Waals surface area (Å²) in [5.74, 6) is -0.672. The number of halogens is 3. The Hall–Kier alpha value is -3.79. The van der Waals surface area contributed by atoms with Crippen LogP contribution in [0.15, 0.2) is 54.7 Å². The molecule has 0 unspecified atom stereocenters. The Kier molecular flexibility index (Phi) is 5.86. The molecule has 7 nitrogen and oxygen atoms in total. The zero-order valence-electron chi connectivity index (χ0n) is 18.5. The van der Waals surface area contributed by atoms with Crippen LogP contribution in [0, 0.1) is 6.92 Å². The summed E-state index contributed by atoms with van der Waals surface area (Å²) in [4.78, 5) is 16.3. The van der Waals surface area contributed by atoms with Crippen LogP contribution in [0.5, 0.6) is 0 Å². The molecule has 1 atom stereocenters. The number of rotatable bonds is 6. The average Bonchev–Trinajstić information content (AvgIpc) is 3.26. The molecule has 0 aliphatic carbocycles. The van der Waals surface area contributed by atoms with Gasteiger partial charge in [0.1, 0.15) is 11.4 Å². The van der Waals surface area contributed by atoms with Crippen molar-refractivity contribution in [3.8, 4) is 11.1 Å². The molecule has 34 heavy (non-hydrogen) atoms. The molecule has 2 aromatic carbocycles. The molecular formula is C24H22F3N5O2. The average molecular weight is 469 g/mol. The minimum absolute atomic E-state index is 0.0861. The molecule has 10 heteroatoms. The predicted molar refractivity (Wildman–Crippen MR) is 120 cm³/mol. The van der Waals surface area contributed by atoms with Crippen LogP contribution in [0.25, 0.3) is 22.0 Å². The Balaban J connectivity index is 1.75. The highest BCUT2D eigenvalue weighted by molar-refractivity contribution is 6.01. The van der Waals surface area contributed by atoms with Crippen molar-refractivity contribution < 1.29 is 23.1 Å². The van der Waals surface area contributed by atoms with Crippen LogP contribution in [-0.2, 0) is 12.1 Å². The first-order chi connectivity index (χ1) is 16.0. The largest absolute Gasteiger partial charge is 0.423 e. The number of aryl methyl sites for hydroxylation is 1. The molecule has 2 heterocycles. The molecule has 176 valence electrons. The second kappa shape index (κ2) is 8.53. The van der Waals surface area contributed by atoms with Crippen molar-refractivity contribution in [2.45, 2.75) is 38.6 Å². The van der Waals surface area contributed by atoms with E-state index in [4.69, 9.17) is 5.73 Å². The third kappa shape index (κ3) is 4.12. The number of hydrogen-bond donors (Lipinski definition) is 2. The van der Waals surface area contributed by atoms with Gasteiger partial charge in [0.05, 0.1) is 18.3 Å². The van der Waals surface area contributed by atoms with Crippen molar-refractivity contribution in [3.63, 3.8) is 0 Å². The summed E-state index contributed by atoms with van der Waals surface area (Å²) < 4.78 is 41.2. The highest BCUT2D eigenvalue weighted by atomic mass is 19.4. The monoisotopic (exact) mass is 469 g/mol. The fourth-order valence-electron chi connectivity index (χ4n) is 3.88. The topological polar surface area (TPSA) is 107 Å². The van der Waals surface area contributed by atoms with Crippen LogP contribution in [0.2, 0.25) is 0 Å². The molecule has 4 rings (SSSR count). The molecular weight excluding hydrogens is 447 g/mol. The Labute approximate surface area is 193 Å². The quantitative estimate of drug-likeness (QED) is 0.442. The van der Waals surface area contributed by atoms with Gasteiger partial charge in [-0.05, 0) is 47.7 Å². The van der Waals surface area contributed by atoms with Crippen molar-refractivity contribution in [2.75, 3.05) is 0 Å². The van der Waals surface area contributed by atoms with Gasteiger partial charge in [0.25, 0.3) is 5.91 Å². The van der Waals surface area contributed by atoms with Crippen LogP contribution in [-0.4, -0.2) is 37.2 Å². The number of alkyl halides is 3. The van der Waals surface area contributed by atoms with Crippen LogP contribution < -0.4 is 5.73 Å². The minimum atomic E-state index is -4.88. The van der Waals surface area contributed by atoms with Gasteiger partial charge in [-0.1, -0.05) is 48.5 Å². The molecule has 0 bridgehead atoms. The van der Waals surface area contributed by atoms with E-state index in [1.54, 1.807) is 18.2 Å². The minimum Gasteiger partial charge on any atom is -0.375 e. The highest BCUT2D eigenvalue weighted by Crippen LogP contribution is 2.40. The summed E-state index contributed by atoms with van der Waals surface area (Å²) in [6.45, 7) is 3.27. The molecule has 2 aromatic heterocycles. The zero-order chi connectivity index (χ0) is 24.7. The smallest absolute Gasteiger partial charge is 0.375 e. The summed E-state index contributed by atoms with van der Waals surface area (Å²) in [6, 6.07) is 14.7. The number of carbonyl (C=O) groups is 1. The van der Waals surface area contributed by atoms with Gasteiger partial charge in [-0.15, -0.1) is 5.10 Å². The number of carbonyl (C=O) groups excluding carboxylic acids is 1. The molecule has 0 aliphatic rings. The first-order valence-corrected chi connectivity index (χ1v) is 10.5. The lowest BCUT2D eigenvalue weighted by Gasteiger charge is -2.26. The van der Waals surface area contributed by atoms with Crippen LogP contribution >= 0.6 is 0 Å². The van der Waals surface area contributed by atoms with Crippen molar-refractivity contribution in [1.82, 2.24) is 20.0 Å². The second-order valence-electron chi connectivity index (χ2n) is 8.10. The van der Waals surface area contributed by atoms with Crippen molar-refractivity contribution in [1.29, 1.82) is 0 Å². The zero-order valence-corrected chi connectivity index (χ0v) is 18.5. The van der Waals surface area contributed by atoms with Crippen LogP contribution in [0.1, 0.15) is 40.7 Å². The van der Waals surface area contributed by atoms with E-state index in [0.717, 1.165) is 28.3 Å². The Morgan fingerprint density at radius 2 is 1.85 bits per heavy atom. The summed E-state index contributed by atoms with van der Waals surface area (Å²) in [7, 11) is 0. The first kappa shape index (κ1) is 23.4. The van der Waals surface area contributed by atoms with Gasteiger partial charge in [0.2, 0.25) is 5.60 Å². The fourth-order valence-corrected chi connectivity index (χ4v) is 3.88. The Bertz CT molecular complexity index is 1380. The lowest BCUT2D eigenvalue weighted by molar-refractivity contribution is -0.269. The number of nitrogens with two attached hydrogens (primary N) is 1. The van der Waals surface area contributed by atoms with Crippen molar-refractivity contribution in [2.24, 2.45) is 5.73 Å². The number of primary amides is 1. The van der Waals surface area contributed by atoms with E-state index >= 15 is 0 Å². The molecule has 0 spiro atoms. The highest BCUT2D eigenvalue weighted by Gasteiger charge is 2.55. The van der Waals surface area contributed by atoms with E-state index in [0.29, 0.717) is 11.1 Å². The van der Waals surface area contributed by atoms with E-state index in [1.165, 1.54) is 11.6 Å². The summed E-state index contributed by atoms with van der Waals surface area (Å²) in [6.07, 6.45) is -4.40. The normalized spacial score (nSPS) is 13.7. The number of pyridine rings is 1. The van der Waals surface area contributed by atoms with E-state index in [2.05, 4.69) is 15.3 Å². The number of fused-ring (bicyclic) bond motifs is 1. The van der Waals surface area contributed by atoms with Gasteiger partial charge in [-0.25, -0.2) is 9.67 Å². The summed E-state index contributed by atoms with van der Waals surface area (Å²) >= 11 is 0. The SMILES string of the molecule is CC[C@](O)(c1cn(Cc2ccc3c(-c4ccccc4C)cc(C(N)=O)nc3c2)nn1)C(F)(F)F. The molecule has 4 aromatic rings. The van der Waals surface area contributed by atoms with E-state index in [-0.39, 0.29) is 12.2 Å². The molecule has 0 saturated heterocycles. The van der Waals surface area contributed by atoms with E-state index in [9.17, 15) is 23.1 Å². The molecule has 0 aliphatic heterocycles. The first-order valence-electron chi connectivity index (χ1n) is 10.5. The van der Waals surface area contributed by atoms with Gasteiger partial charge < -0.3 is 10.8 Å².